The maximum absolute atomic E-state index is 14.7. The van der Waals surface area contributed by atoms with Crippen molar-refractivity contribution in [2.75, 3.05) is 51.4 Å². The van der Waals surface area contributed by atoms with Crippen molar-refractivity contribution in [3.05, 3.63) is 72.3 Å². The smallest absolute Gasteiger partial charge is 0.328 e. The number of rotatable bonds is 56. The van der Waals surface area contributed by atoms with Crippen molar-refractivity contribution >= 4 is 130 Å². The number of carboxylic acid groups (broad SMARTS) is 3. The fourth-order valence-corrected chi connectivity index (χ4v) is 12.2. The number of aromatic nitrogens is 4. The summed E-state index contributed by atoms with van der Waals surface area (Å²) in [6.07, 6.45) is 0.482. The van der Waals surface area contributed by atoms with E-state index in [-0.39, 0.29) is 81.6 Å². The van der Waals surface area contributed by atoms with E-state index in [2.05, 4.69) is 83.7 Å². The van der Waals surface area contributed by atoms with Crippen molar-refractivity contribution in [3.8, 4) is 0 Å². The first-order valence-corrected chi connectivity index (χ1v) is 38.7. The number of hydrogen-bond acceptors (Lipinski definition) is 27. The van der Waals surface area contributed by atoms with Gasteiger partial charge in [0.25, 0.3) is 0 Å². The van der Waals surface area contributed by atoms with Crippen LogP contribution in [0.5, 0.6) is 0 Å². The highest BCUT2D eigenvalue weighted by molar-refractivity contribution is 7.98. The lowest BCUT2D eigenvalue weighted by Crippen LogP contribution is -2.61. The van der Waals surface area contributed by atoms with Crippen LogP contribution in [-0.4, -0.2) is 299 Å². The summed E-state index contributed by atoms with van der Waals surface area (Å²) in [6, 6.07) is -13.8. The number of carbonyl (C=O) groups is 20. The van der Waals surface area contributed by atoms with Gasteiger partial charge in [0.2, 0.25) is 100 Å². The second kappa shape index (κ2) is 51.3. The minimum Gasteiger partial charge on any atom is -0.481 e. The van der Waals surface area contributed by atoms with Crippen LogP contribution in [0.2, 0.25) is 0 Å². The van der Waals surface area contributed by atoms with Gasteiger partial charge in [-0.05, 0) is 81.9 Å². The number of aromatic amines is 2. The van der Waals surface area contributed by atoms with E-state index in [1.807, 2.05) is 5.32 Å². The van der Waals surface area contributed by atoms with Crippen LogP contribution >= 0.6 is 11.8 Å². The molecule has 4 rings (SSSR count). The number of nitrogens with zero attached hydrogens (tertiary/aromatic N) is 3. The van der Waals surface area contributed by atoms with E-state index < -0.39 is 281 Å². The number of primary amides is 3. The largest absolute Gasteiger partial charge is 0.481 e. The Hall–Kier alpha value is -12.8. The number of aliphatic hydroxyl groups excluding tert-OH is 2. The third kappa shape index (κ3) is 35.7. The Morgan fingerprint density at radius 2 is 0.908 bits per heavy atom. The molecule has 17 amide bonds. The lowest BCUT2D eigenvalue weighted by Gasteiger charge is -2.30. The number of amides is 17. The Morgan fingerprint density at radius 3 is 1.36 bits per heavy atom. The summed E-state index contributed by atoms with van der Waals surface area (Å²) in [4.78, 5) is 280. The summed E-state index contributed by atoms with van der Waals surface area (Å²) in [6.45, 7) is -4.04. The van der Waals surface area contributed by atoms with Crippen molar-refractivity contribution in [1.29, 1.82) is 0 Å². The number of hydrogen-bond donors (Lipinski definition) is 25. The number of nitrogens with two attached hydrogens (primary N) is 5. The highest BCUT2D eigenvalue weighted by atomic mass is 32.2. The highest BCUT2D eigenvalue weighted by Gasteiger charge is 2.42. The fourth-order valence-electron chi connectivity index (χ4n) is 11.7. The van der Waals surface area contributed by atoms with Gasteiger partial charge in [0.05, 0.1) is 69.2 Å². The van der Waals surface area contributed by atoms with Gasteiger partial charge in [-0.25, -0.2) is 14.8 Å². The third-order valence-electron chi connectivity index (χ3n) is 17.9. The number of carbonyl (C=O) groups excluding carboxylic acids is 17. The number of nitrogens with one attached hydrogen (secondary N) is 15. The molecule has 0 radical (unpaired) electrons. The molecule has 119 heavy (non-hydrogen) atoms. The second-order valence-electron chi connectivity index (χ2n) is 27.2. The molecule has 1 fully saturated rings. The molecule has 0 aliphatic carbocycles. The van der Waals surface area contributed by atoms with Gasteiger partial charge in [0.1, 0.15) is 72.5 Å². The molecule has 13 atom stereocenters. The Labute approximate surface area is 682 Å². The summed E-state index contributed by atoms with van der Waals surface area (Å²) in [5.41, 5.74) is 28.2. The lowest BCUT2D eigenvalue weighted by atomic mass is 10.0. The van der Waals surface area contributed by atoms with Crippen LogP contribution in [0.4, 0.5) is 0 Å². The second-order valence-corrected chi connectivity index (χ2v) is 28.2. The van der Waals surface area contributed by atoms with Crippen LogP contribution in [0.3, 0.4) is 0 Å². The van der Waals surface area contributed by atoms with Crippen LogP contribution < -0.4 is 97.8 Å². The molecule has 1 saturated heterocycles. The minimum atomic E-state index is -2.06. The highest BCUT2D eigenvalue weighted by Crippen LogP contribution is 2.21. The van der Waals surface area contributed by atoms with Crippen molar-refractivity contribution in [3.63, 3.8) is 0 Å². The van der Waals surface area contributed by atoms with E-state index in [9.17, 15) is 116 Å². The van der Waals surface area contributed by atoms with Crippen molar-refractivity contribution < 1.29 is 121 Å². The van der Waals surface area contributed by atoms with Gasteiger partial charge in [-0.1, -0.05) is 30.3 Å². The summed E-state index contributed by atoms with van der Waals surface area (Å²) < 4.78 is 0. The van der Waals surface area contributed by atoms with E-state index in [1.54, 1.807) is 36.6 Å². The van der Waals surface area contributed by atoms with Crippen LogP contribution in [0.25, 0.3) is 0 Å². The molecule has 1 aliphatic rings. The number of thioether (sulfide) groups is 1. The average Bonchev–Trinajstić information content (AvgIpc) is 1.71. The third-order valence-corrected chi connectivity index (χ3v) is 18.6. The van der Waals surface area contributed by atoms with Gasteiger partial charge in [-0.15, -0.1) is 0 Å². The van der Waals surface area contributed by atoms with Crippen molar-refractivity contribution in [2.24, 2.45) is 28.7 Å². The van der Waals surface area contributed by atoms with E-state index >= 15 is 0 Å². The molecule has 48 nitrogen and oxygen atoms in total. The molecular weight excluding hydrogens is 1590 g/mol. The zero-order valence-electron chi connectivity index (χ0n) is 64.7. The van der Waals surface area contributed by atoms with Gasteiger partial charge in [-0.2, -0.15) is 11.8 Å². The first-order chi connectivity index (χ1) is 56.5. The van der Waals surface area contributed by atoms with Gasteiger partial charge in [-0.3, -0.25) is 91.1 Å². The van der Waals surface area contributed by atoms with Gasteiger partial charge in [0.15, 0.2) is 0 Å². The molecule has 654 valence electrons. The molecule has 1 aromatic carbocycles. The monoisotopic (exact) mass is 1700 g/mol. The predicted octanol–water partition coefficient (Wildman–Crippen LogP) is -11.3. The number of imidazole rings is 2. The number of likely N-dealkylation sites (tertiary alicyclic amines) is 1. The quantitative estimate of drug-likeness (QED) is 0.0233. The lowest BCUT2D eigenvalue weighted by molar-refractivity contribution is -0.146. The molecule has 0 bridgehead atoms. The molecule has 1 aliphatic heterocycles. The SMILES string of the molecule is CSCC[C@H](NC(=O)[C@@H]1CCCN1C(=O)[C@H](CC(=O)O)NC(=O)[C@H](CCC(=O)O)NC(=O)[C@H](Cc1c[nH]cn1)NC(=O)[C@H](CCCCN)NC(=O)[C@H](Cc1ccccc1)NC(=O)[C@H](CO)NC(=O)[C@H](Cc1c[nH]cn1)NC(=O)[C@@H](N)CC(N)=O)C(=O)NCC(=O)N[C@@H](CCC(N)=O)C(=O)N[C@@H](CCC(N)=O)C(=O)NCC(=O)N[C@@H](CO)C(=O)O. The number of aliphatic carboxylic acids is 3. The molecule has 2 aromatic heterocycles. The van der Waals surface area contributed by atoms with E-state index in [0.717, 1.165) is 4.90 Å². The molecule has 0 unspecified atom stereocenters. The molecule has 30 N–H and O–H groups in total. The van der Waals surface area contributed by atoms with Gasteiger partial charge >= 0.3 is 17.9 Å². The van der Waals surface area contributed by atoms with E-state index in [0.29, 0.717) is 5.56 Å². The fraction of sp³-hybridized carbons (Fsp3) is 0.543. The maximum Gasteiger partial charge on any atom is 0.328 e. The number of carboxylic acids is 3. The van der Waals surface area contributed by atoms with Crippen molar-refractivity contribution in [2.45, 2.75) is 188 Å². The Kier molecular flexibility index (Phi) is 42.5. The zero-order chi connectivity index (χ0) is 88.4. The van der Waals surface area contributed by atoms with Crippen LogP contribution in [-0.2, 0) is 115 Å². The van der Waals surface area contributed by atoms with Crippen LogP contribution in [0.15, 0.2) is 55.4 Å². The van der Waals surface area contributed by atoms with Gasteiger partial charge in [0, 0.05) is 57.5 Å². The molecule has 0 saturated carbocycles. The average molecular weight is 1700 g/mol. The molecule has 3 aromatic rings. The summed E-state index contributed by atoms with van der Waals surface area (Å²) in [5, 5.41) is 79.2. The molecule has 0 spiro atoms. The molecule has 3 heterocycles. The number of H-pyrrole nitrogens is 2. The minimum absolute atomic E-state index is 0.0898. The maximum atomic E-state index is 14.7. The van der Waals surface area contributed by atoms with Gasteiger partial charge < -0.3 is 138 Å². The normalized spacial score (nSPS) is 15.3. The number of benzene rings is 1. The zero-order valence-corrected chi connectivity index (χ0v) is 65.5. The first kappa shape index (κ1) is 98.6. The summed E-state index contributed by atoms with van der Waals surface area (Å²) >= 11 is 1.22. The molecule has 49 heteroatoms. The topological polar surface area (TPSA) is 790 Å². The van der Waals surface area contributed by atoms with E-state index in [4.69, 9.17) is 33.8 Å². The first-order valence-electron chi connectivity index (χ1n) is 37.3. The Bertz CT molecular complexity index is 4010. The van der Waals surface area contributed by atoms with Crippen LogP contribution in [0, 0.1) is 0 Å². The predicted molar refractivity (Wildman–Crippen MR) is 412 cm³/mol. The Morgan fingerprint density at radius 1 is 0.479 bits per heavy atom. The van der Waals surface area contributed by atoms with Crippen LogP contribution in [0.1, 0.15) is 107 Å². The number of aliphatic hydroxyl groups is 2. The Balaban J connectivity index is 1.56. The van der Waals surface area contributed by atoms with Crippen molar-refractivity contribution in [1.82, 2.24) is 94.0 Å². The summed E-state index contributed by atoms with van der Waals surface area (Å²) in [7, 11) is 0. The summed E-state index contributed by atoms with van der Waals surface area (Å²) in [5.74, 6) is -22.8. The standard InChI is InChI=1S/C70H103N23O25S/c1-119-21-18-43(60(107)79-29-54(99)82-41(13-16-52(74)97)62(109)85-40(12-15-51(73)96)59(106)78-30-55(100)83-49(32-95)70(117)118)87-68(115)50-11-7-20-93(50)69(116)47(26-57(103)104)91-63(110)42(14-17-56(101)102)86-65(112)46(24-37-28-77-34-81-37)90-61(108)39(10-5-6-19-71)84-64(111)44(22-35-8-3-2-4-9-35)89-67(114)48(31-94)92-66(113)45(23-36-27-76-33-80-36)88-58(105)38(72)25-53(75)98/h2-4,8-9,27-28,33-34,38-50,94-95H,5-7,10-26,29-32,71-72H2,1H3,(H2,73,96)(H2,74,97)(H2,75,98)(H,76,80)(H,77,81)(H,78,106)(H,79,107)(H,82,99)(H,83,100)(H,84,111)(H,85,109)(H,86,112)(H,87,115)(H,88,105)(H,89,114)(H,90,108)(H,91,110)(H,92,113)(H,101,102)(H,103,104)(H,117,118)/t38-,39-,40-,41-,42-,43-,44-,45-,46-,47-,48-,49-,50-/m0/s1. The molecular formula is C70H103N23O25S. The van der Waals surface area contributed by atoms with E-state index in [1.165, 1.54) is 36.8 Å². The number of unbranched alkanes of at least 4 members (excludes halogenated alkanes) is 1.